The molecule has 3 N–H and O–H groups in total. The van der Waals surface area contributed by atoms with Crippen LogP contribution in [0.1, 0.15) is 71.1 Å². The topological polar surface area (TPSA) is 92.2 Å². The van der Waals surface area contributed by atoms with Crippen LogP contribution in [-0.2, 0) is 4.79 Å². The van der Waals surface area contributed by atoms with E-state index in [1.54, 1.807) is 6.21 Å². The Labute approximate surface area is 150 Å². The molecule has 0 aromatic heterocycles. The average molecular weight is 345 g/mol. The summed E-state index contributed by atoms with van der Waals surface area (Å²) in [4.78, 5) is 23.7. The maximum Gasteiger partial charge on any atom is 0.284 e. The summed E-state index contributed by atoms with van der Waals surface area (Å²) >= 11 is 0. The Morgan fingerprint density at radius 2 is 1.60 bits per heavy atom. The number of aliphatic imine (C=N–C) groups is 3. The third-order valence-electron chi connectivity index (χ3n) is 4.56. The van der Waals surface area contributed by atoms with Crippen LogP contribution in [0.25, 0.3) is 0 Å². The molecule has 0 atom stereocenters. The van der Waals surface area contributed by atoms with E-state index < -0.39 is 0 Å². The number of guanidine groups is 1. The third kappa shape index (κ3) is 6.53. The first-order valence-electron chi connectivity index (χ1n) is 9.68. The van der Waals surface area contributed by atoms with Gasteiger partial charge in [-0.3, -0.25) is 4.79 Å². The number of nitrogens with one attached hydrogen (secondary N) is 1. The molecule has 0 saturated carbocycles. The number of amidine groups is 1. The van der Waals surface area contributed by atoms with Crippen LogP contribution >= 0.6 is 0 Å². The van der Waals surface area contributed by atoms with E-state index in [9.17, 15) is 4.79 Å². The molecular weight excluding hydrogens is 314 g/mol. The fraction of sp³-hybridized carbons (Fsp3) is 0.684. The van der Waals surface area contributed by atoms with Gasteiger partial charge < -0.3 is 11.1 Å². The van der Waals surface area contributed by atoms with E-state index in [4.69, 9.17) is 5.73 Å². The minimum Gasteiger partial charge on any atom is -0.368 e. The minimum absolute atomic E-state index is 0.0135. The summed E-state index contributed by atoms with van der Waals surface area (Å²) in [5.74, 6) is 0.0458. The highest BCUT2D eigenvalue weighted by Gasteiger charge is 2.27. The SMILES string of the molecule is CCCCCCCCCCCCNCC1=C2C(=O)N=C(N)N=C2N=C1. The number of amides is 1. The van der Waals surface area contributed by atoms with Gasteiger partial charge in [-0.1, -0.05) is 64.7 Å². The highest BCUT2D eigenvalue weighted by Crippen LogP contribution is 2.17. The molecular formula is C19H31N5O. The van der Waals surface area contributed by atoms with Crippen molar-refractivity contribution < 1.29 is 4.79 Å². The van der Waals surface area contributed by atoms with E-state index in [-0.39, 0.29) is 11.9 Å². The molecule has 138 valence electrons. The van der Waals surface area contributed by atoms with Crippen molar-refractivity contribution in [3.05, 3.63) is 11.1 Å². The molecule has 0 aromatic rings. The number of hydrogen-bond acceptors (Lipinski definition) is 5. The Kier molecular flexibility index (Phi) is 8.52. The van der Waals surface area contributed by atoms with Crippen LogP contribution in [0.4, 0.5) is 0 Å². The molecule has 0 bridgehead atoms. The number of fused-ring (bicyclic) bond motifs is 1. The van der Waals surface area contributed by atoms with Crippen molar-refractivity contribution in [1.29, 1.82) is 0 Å². The quantitative estimate of drug-likeness (QED) is 0.502. The molecule has 0 unspecified atom stereocenters. The van der Waals surface area contributed by atoms with Crippen molar-refractivity contribution in [3.8, 4) is 0 Å². The lowest BCUT2D eigenvalue weighted by molar-refractivity contribution is -0.113. The van der Waals surface area contributed by atoms with Gasteiger partial charge in [0.15, 0.2) is 5.84 Å². The lowest BCUT2D eigenvalue weighted by Gasteiger charge is -2.08. The molecule has 2 heterocycles. The van der Waals surface area contributed by atoms with Gasteiger partial charge in [0.1, 0.15) is 0 Å². The molecule has 6 nitrogen and oxygen atoms in total. The molecule has 0 saturated heterocycles. The maximum atomic E-state index is 11.9. The highest BCUT2D eigenvalue weighted by atomic mass is 16.1. The molecule has 2 aliphatic rings. The van der Waals surface area contributed by atoms with Gasteiger partial charge in [0, 0.05) is 18.3 Å². The van der Waals surface area contributed by atoms with E-state index in [2.05, 4.69) is 27.2 Å². The zero-order valence-electron chi connectivity index (χ0n) is 15.4. The van der Waals surface area contributed by atoms with Crippen molar-refractivity contribution in [1.82, 2.24) is 5.32 Å². The minimum atomic E-state index is -0.337. The van der Waals surface area contributed by atoms with Crippen LogP contribution in [0, 0.1) is 0 Å². The predicted molar refractivity (Wildman–Crippen MR) is 104 cm³/mol. The van der Waals surface area contributed by atoms with E-state index in [0.717, 1.165) is 18.5 Å². The van der Waals surface area contributed by atoms with Crippen molar-refractivity contribution in [2.75, 3.05) is 13.1 Å². The average Bonchev–Trinajstić information content (AvgIpc) is 2.99. The van der Waals surface area contributed by atoms with E-state index in [1.807, 2.05) is 0 Å². The summed E-state index contributed by atoms with van der Waals surface area (Å²) in [6.45, 7) is 3.83. The van der Waals surface area contributed by atoms with Crippen LogP contribution < -0.4 is 11.1 Å². The maximum absolute atomic E-state index is 11.9. The van der Waals surface area contributed by atoms with Gasteiger partial charge in [0.2, 0.25) is 5.96 Å². The first kappa shape index (κ1) is 19.5. The normalized spacial score (nSPS) is 16.3. The summed E-state index contributed by atoms with van der Waals surface area (Å²) in [5, 5.41) is 3.38. The van der Waals surface area contributed by atoms with Crippen molar-refractivity contribution >= 4 is 23.9 Å². The Balaban J connectivity index is 1.51. The van der Waals surface area contributed by atoms with Gasteiger partial charge in [-0.15, -0.1) is 0 Å². The van der Waals surface area contributed by atoms with Crippen LogP contribution in [0.2, 0.25) is 0 Å². The summed E-state index contributed by atoms with van der Waals surface area (Å²) in [6.07, 6.45) is 15.0. The third-order valence-corrected chi connectivity index (χ3v) is 4.56. The van der Waals surface area contributed by atoms with Crippen LogP contribution in [-0.4, -0.2) is 37.0 Å². The van der Waals surface area contributed by atoms with Gasteiger partial charge in [0.05, 0.1) is 5.57 Å². The standard InChI is InChI=1S/C19H31N5O/c1-2-3-4-5-6-7-8-9-10-11-12-21-13-15-14-22-17-16(15)18(25)24-19(20)23-17/h14,21H,2-13H2,1H3,(H2,20,24,25). The first-order chi connectivity index (χ1) is 12.2. The highest BCUT2D eigenvalue weighted by molar-refractivity contribution is 6.34. The Morgan fingerprint density at radius 1 is 0.960 bits per heavy atom. The van der Waals surface area contributed by atoms with Gasteiger partial charge in [-0.2, -0.15) is 9.98 Å². The fourth-order valence-electron chi connectivity index (χ4n) is 3.12. The monoisotopic (exact) mass is 345 g/mol. The molecule has 1 amide bonds. The van der Waals surface area contributed by atoms with E-state index in [1.165, 1.54) is 57.8 Å². The second kappa shape index (κ2) is 10.9. The number of carbonyl (C=O) groups is 1. The number of unbranched alkanes of at least 4 members (excludes halogenated alkanes) is 9. The second-order valence-corrected chi connectivity index (χ2v) is 6.73. The first-order valence-corrected chi connectivity index (χ1v) is 9.68. The van der Waals surface area contributed by atoms with Gasteiger partial charge in [-0.25, -0.2) is 4.99 Å². The molecule has 6 heteroatoms. The van der Waals surface area contributed by atoms with Gasteiger partial charge >= 0.3 is 0 Å². The molecule has 25 heavy (non-hydrogen) atoms. The lowest BCUT2D eigenvalue weighted by atomic mass is 10.1. The van der Waals surface area contributed by atoms with Crippen LogP contribution in [0.3, 0.4) is 0 Å². The Morgan fingerprint density at radius 3 is 2.28 bits per heavy atom. The summed E-state index contributed by atoms with van der Waals surface area (Å²) < 4.78 is 0. The molecule has 0 fully saturated rings. The van der Waals surface area contributed by atoms with Gasteiger partial charge in [-0.05, 0) is 13.0 Å². The summed E-state index contributed by atoms with van der Waals surface area (Å²) in [6, 6.07) is 0. The summed E-state index contributed by atoms with van der Waals surface area (Å²) in [5.41, 5.74) is 6.82. The Bertz CT molecular complexity index is 574. The number of hydrogen-bond donors (Lipinski definition) is 2. The zero-order valence-corrected chi connectivity index (χ0v) is 15.4. The number of nitrogens with zero attached hydrogens (tertiary/aromatic N) is 3. The number of carbonyl (C=O) groups excluding carboxylic acids is 1. The van der Waals surface area contributed by atoms with Crippen LogP contribution in [0.5, 0.6) is 0 Å². The molecule has 0 spiro atoms. The molecule has 0 aliphatic carbocycles. The lowest BCUT2D eigenvalue weighted by Crippen LogP contribution is -2.25. The van der Waals surface area contributed by atoms with Crippen LogP contribution in [0.15, 0.2) is 26.1 Å². The van der Waals surface area contributed by atoms with Crippen molar-refractivity contribution in [2.24, 2.45) is 20.7 Å². The molecule has 0 aromatic carbocycles. The second-order valence-electron chi connectivity index (χ2n) is 6.73. The number of nitrogens with two attached hydrogens (primary N) is 1. The van der Waals surface area contributed by atoms with E-state index in [0.29, 0.717) is 18.0 Å². The predicted octanol–water partition coefficient (Wildman–Crippen LogP) is 3.13. The Hall–Kier alpha value is -1.82. The molecule has 0 radical (unpaired) electrons. The molecule has 2 rings (SSSR count). The fourth-order valence-corrected chi connectivity index (χ4v) is 3.12. The largest absolute Gasteiger partial charge is 0.368 e. The van der Waals surface area contributed by atoms with Gasteiger partial charge in [0.25, 0.3) is 5.91 Å². The van der Waals surface area contributed by atoms with Crippen molar-refractivity contribution in [2.45, 2.75) is 71.1 Å². The molecule has 2 aliphatic heterocycles. The van der Waals surface area contributed by atoms with E-state index >= 15 is 0 Å². The summed E-state index contributed by atoms with van der Waals surface area (Å²) in [7, 11) is 0. The number of rotatable bonds is 13. The van der Waals surface area contributed by atoms with Crippen molar-refractivity contribution in [3.63, 3.8) is 0 Å². The zero-order chi connectivity index (χ0) is 17.9. The smallest absolute Gasteiger partial charge is 0.284 e.